The Morgan fingerprint density at radius 3 is 2.81 bits per heavy atom. The maximum atomic E-state index is 12.9. The summed E-state index contributed by atoms with van der Waals surface area (Å²) in [6.07, 6.45) is 0.439. The summed E-state index contributed by atoms with van der Waals surface area (Å²) in [5.74, 6) is 2.18. The third kappa shape index (κ3) is 7.87. The molecule has 0 saturated carbocycles. The van der Waals surface area contributed by atoms with Gasteiger partial charge in [-0.05, 0) is 37.6 Å². The van der Waals surface area contributed by atoms with Crippen LogP contribution in [0, 0.1) is 5.82 Å². The molecule has 1 heterocycles. The third-order valence-corrected chi connectivity index (χ3v) is 5.31. The SMILES string of the molecule is CCNC(=NCC(O)COc1ccc(F)cc1)N1CCSC(CC)C1.I. The molecule has 1 saturated heterocycles. The van der Waals surface area contributed by atoms with Crippen LogP contribution in [0.25, 0.3) is 0 Å². The van der Waals surface area contributed by atoms with Crippen molar-refractivity contribution in [1.82, 2.24) is 10.2 Å². The minimum Gasteiger partial charge on any atom is -0.491 e. The predicted molar refractivity (Wildman–Crippen MR) is 117 cm³/mol. The number of nitrogens with one attached hydrogen (secondary N) is 1. The summed E-state index contributed by atoms with van der Waals surface area (Å²) in [6.45, 7) is 7.39. The minimum atomic E-state index is -0.708. The highest BCUT2D eigenvalue weighted by molar-refractivity contribution is 14.0. The molecule has 2 atom stereocenters. The standard InChI is InChI=1S/C18H28FN3O2S.HI/c1-3-17-12-22(9-10-25-17)18(20-4-2)21-11-15(23)13-24-16-7-5-14(19)6-8-16;/h5-8,15,17,23H,3-4,9-13H2,1-2H3,(H,20,21);1H. The van der Waals surface area contributed by atoms with E-state index in [-0.39, 0.29) is 42.9 Å². The van der Waals surface area contributed by atoms with E-state index in [4.69, 9.17) is 4.74 Å². The Morgan fingerprint density at radius 1 is 1.42 bits per heavy atom. The number of aliphatic imine (C=N–C) groups is 1. The molecule has 1 aliphatic heterocycles. The van der Waals surface area contributed by atoms with Crippen molar-refractivity contribution in [2.75, 3.05) is 38.5 Å². The molecule has 2 N–H and O–H groups in total. The molecule has 2 unspecified atom stereocenters. The highest BCUT2D eigenvalue weighted by atomic mass is 127. The fraction of sp³-hybridized carbons (Fsp3) is 0.611. The maximum absolute atomic E-state index is 12.9. The monoisotopic (exact) mass is 497 g/mol. The Labute approximate surface area is 176 Å². The first-order valence-electron chi connectivity index (χ1n) is 8.83. The predicted octanol–water partition coefficient (Wildman–Crippen LogP) is 2.98. The van der Waals surface area contributed by atoms with Gasteiger partial charge >= 0.3 is 0 Å². The van der Waals surface area contributed by atoms with Crippen LogP contribution >= 0.6 is 35.7 Å². The van der Waals surface area contributed by atoms with Crippen LogP contribution in [0.5, 0.6) is 5.75 Å². The van der Waals surface area contributed by atoms with Crippen LogP contribution in [0.2, 0.25) is 0 Å². The number of benzene rings is 1. The van der Waals surface area contributed by atoms with E-state index in [0.717, 1.165) is 37.8 Å². The second-order valence-electron chi connectivity index (χ2n) is 5.96. The number of aliphatic hydroxyl groups excluding tert-OH is 1. The number of hydrogen-bond donors (Lipinski definition) is 2. The third-order valence-electron chi connectivity index (χ3n) is 3.94. The average molecular weight is 497 g/mol. The summed E-state index contributed by atoms with van der Waals surface area (Å²) < 4.78 is 18.3. The van der Waals surface area contributed by atoms with Gasteiger partial charge < -0.3 is 20.1 Å². The Kier molecular flexibility index (Phi) is 11.3. The van der Waals surface area contributed by atoms with Crippen LogP contribution in [-0.4, -0.2) is 65.9 Å². The van der Waals surface area contributed by atoms with Crippen LogP contribution < -0.4 is 10.1 Å². The van der Waals surface area contributed by atoms with Gasteiger partial charge in [-0.1, -0.05) is 6.92 Å². The van der Waals surface area contributed by atoms with Crippen molar-refractivity contribution >= 4 is 41.7 Å². The normalized spacial score (nSPS) is 18.8. The summed E-state index contributed by atoms with van der Waals surface area (Å²) in [7, 11) is 0. The molecule has 148 valence electrons. The summed E-state index contributed by atoms with van der Waals surface area (Å²) in [6, 6.07) is 5.76. The van der Waals surface area contributed by atoms with E-state index >= 15 is 0 Å². The van der Waals surface area contributed by atoms with Gasteiger partial charge in [-0.3, -0.25) is 4.99 Å². The van der Waals surface area contributed by atoms with Crippen molar-refractivity contribution in [3.8, 4) is 5.75 Å². The minimum absolute atomic E-state index is 0. The van der Waals surface area contributed by atoms with Crippen LogP contribution in [0.3, 0.4) is 0 Å². The van der Waals surface area contributed by atoms with Crippen LogP contribution in [0.15, 0.2) is 29.3 Å². The lowest BCUT2D eigenvalue weighted by molar-refractivity contribution is 0.114. The van der Waals surface area contributed by atoms with E-state index < -0.39 is 6.10 Å². The van der Waals surface area contributed by atoms with E-state index in [0.29, 0.717) is 11.0 Å². The average Bonchev–Trinajstić information content (AvgIpc) is 2.64. The van der Waals surface area contributed by atoms with E-state index in [1.165, 1.54) is 12.1 Å². The summed E-state index contributed by atoms with van der Waals surface area (Å²) in [5, 5.41) is 14.1. The van der Waals surface area contributed by atoms with Gasteiger partial charge in [-0.15, -0.1) is 24.0 Å². The molecule has 0 aliphatic carbocycles. The number of rotatable bonds is 7. The number of thioether (sulfide) groups is 1. The lowest BCUT2D eigenvalue weighted by Gasteiger charge is -2.34. The molecular weight excluding hydrogens is 468 g/mol. The first-order valence-corrected chi connectivity index (χ1v) is 9.88. The zero-order valence-electron chi connectivity index (χ0n) is 15.4. The number of guanidine groups is 1. The van der Waals surface area contributed by atoms with Gasteiger partial charge in [0.25, 0.3) is 0 Å². The molecule has 1 fully saturated rings. The topological polar surface area (TPSA) is 57.1 Å². The summed E-state index contributed by atoms with van der Waals surface area (Å²) >= 11 is 2.01. The number of aliphatic hydroxyl groups is 1. The van der Waals surface area contributed by atoms with E-state index in [1.807, 2.05) is 18.7 Å². The fourth-order valence-electron chi connectivity index (χ4n) is 2.55. The fourth-order valence-corrected chi connectivity index (χ4v) is 3.73. The van der Waals surface area contributed by atoms with Gasteiger partial charge in [-0.25, -0.2) is 4.39 Å². The zero-order chi connectivity index (χ0) is 18.1. The highest BCUT2D eigenvalue weighted by Gasteiger charge is 2.21. The van der Waals surface area contributed by atoms with Crippen LogP contribution in [0.4, 0.5) is 4.39 Å². The van der Waals surface area contributed by atoms with Gasteiger partial charge in [0.05, 0.1) is 6.54 Å². The molecule has 0 amide bonds. The second kappa shape index (κ2) is 12.6. The molecule has 26 heavy (non-hydrogen) atoms. The van der Waals surface area contributed by atoms with Crippen molar-refractivity contribution < 1.29 is 14.2 Å². The molecule has 8 heteroatoms. The number of ether oxygens (including phenoxy) is 1. The number of halogens is 2. The molecular formula is C18H29FIN3O2S. The first kappa shape index (κ1) is 23.3. The van der Waals surface area contributed by atoms with Crippen molar-refractivity contribution in [3.63, 3.8) is 0 Å². The zero-order valence-corrected chi connectivity index (χ0v) is 18.5. The first-order chi connectivity index (χ1) is 12.1. The Morgan fingerprint density at radius 2 is 2.15 bits per heavy atom. The van der Waals surface area contributed by atoms with Crippen molar-refractivity contribution in [1.29, 1.82) is 0 Å². The molecule has 0 aromatic heterocycles. The molecule has 0 spiro atoms. The highest BCUT2D eigenvalue weighted by Crippen LogP contribution is 2.21. The summed E-state index contributed by atoms with van der Waals surface area (Å²) in [5.41, 5.74) is 0. The van der Waals surface area contributed by atoms with Gasteiger partial charge in [0, 0.05) is 30.6 Å². The molecule has 1 aliphatic rings. The molecule has 1 aromatic carbocycles. The van der Waals surface area contributed by atoms with E-state index in [1.54, 1.807) is 12.1 Å². The van der Waals surface area contributed by atoms with Gasteiger partial charge in [0.2, 0.25) is 0 Å². The second-order valence-corrected chi connectivity index (χ2v) is 7.37. The smallest absolute Gasteiger partial charge is 0.194 e. The largest absolute Gasteiger partial charge is 0.491 e. The van der Waals surface area contributed by atoms with Crippen molar-refractivity contribution in [2.45, 2.75) is 31.6 Å². The quantitative estimate of drug-likeness (QED) is 0.345. The molecule has 0 radical (unpaired) electrons. The van der Waals surface area contributed by atoms with Crippen LogP contribution in [-0.2, 0) is 0 Å². The van der Waals surface area contributed by atoms with E-state index in [9.17, 15) is 9.50 Å². The molecule has 5 nitrogen and oxygen atoms in total. The van der Waals surface area contributed by atoms with Crippen molar-refractivity contribution in [3.05, 3.63) is 30.1 Å². The lowest BCUT2D eigenvalue weighted by atomic mass is 10.3. The molecule has 1 aromatic rings. The van der Waals surface area contributed by atoms with Gasteiger partial charge in [0.15, 0.2) is 5.96 Å². The number of nitrogens with zero attached hydrogens (tertiary/aromatic N) is 2. The molecule has 0 bridgehead atoms. The Hall–Kier alpha value is -0.740. The lowest BCUT2D eigenvalue weighted by Crippen LogP contribution is -2.48. The Bertz CT molecular complexity index is 548. The number of hydrogen-bond acceptors (Lipinski definition) is 4. The van der Waals surface area contributed by atoms with E-state index in [2.05, 4.69) is 22.1 Å². The Balaban J connectivity index is 0.00000338. The maximum Gasteiger partial charge on any atom is 0.194 e. The van der Waals surface area contributed by atoms with Gasteiger partial charge in [-0.2, -0.15) is 11.8 Å². The van der Waals surface area contributed by atoms with Crippen LogP contribution in [0.1, 0.15) is 20.3 Å². The molecule has 2 rings (SSSR count). The summed E-state index contributed by atoms with van der Waals surface area (Å²) in [4.78, 5) is 6.83. The van der Waals surface area contributed by atoms with Gasteiger partial charge in [0.1, 0.15) is 24.3 Å². The van der Waals surface area contributed by atoms with Crippen molar-refractivity contribution in [2.24, 2.45) is 4.99 Å².